The van der Waals surface area contributed by atoms with Crippen LogP contribution in [0.4, 0.5) is 5.82 Å². The predicted molar refractivity (Wildman–Crippen MR) is 99.2 cm³/mol. The van der Waals surface area contributed by atoms with E-state index in [4.69, 9.17) is 16.6 Å². The monoisotopic (exact) mass is 343 g/mol. The maximum absolute atomic E-state index is 9.11. The number of nitrogens with zero attached hydrogens (tertiary/aromatic N) is 2. The van der Waals surface area contributed by atoms with Crippen LogP contribution in [-0.2, 0) is 0 Å². The first kappa shape index (κ1) is 17.9. The van der Waals surface area contributed by atoms with Crippen molar-refractivity contribution in [1.82, 2.24) is 9.97 Å². The summed E-state index contributed by atoms with van der Waals surface area (Å²) in [4.78, 5) is 9.69. The SMILES string of the molecule is C=C(/C=C(C)\C=C/N)Nc1cccc(-c2cnc([C@@H](N)CO)s2)n1. The fourth-order valence-corrected chi connectivity index (χ4v) is 2.85. The lowest BCUT2D eigenvalue weighted by atomic mass is 10.2. The van der Waals surface area contributed by atoms with E-state index < -0.39 is 6.04 Å². The molecule has 7 heteroatoms. The molecule has 6 N–H and O–H groups in total. The largest absolute Gasteiger partial charge is 0.405 e. The van der Waals surface area contributed by atoms with Gasteiger partial charge in [0, 0.05) is 11.9 Å². The minimum Gasteiger partial charge on any atom is -0.405 e. The molecule has 0 saturated heterocycles. The van der Waals surface area contributed by atoms with Gasteiger partial charge in [0.15, 0.2) is 0 Å². The van der Waals surface area contributed by atoms with Crippen molar-refractivity contribution in [2.75, 3.05) is 11.9 Å². The molecule has 0 radical (unpaired) electrons. The van der Waals surface area contributed by atoms with Crippen LogP contribution >= 0.6 is 11.3 Å². The Morgan fingerprint density at radius 1 is 1.50 bits per heavy atom. The summed E-state index contributed by atoms with van der Waals surface area (Å²) in [6.07, 6.45) is 6.87. The molecule has 0 amide bonds. The summed E-state index contributed by atoms with van der Waals surface area (Å²) in [5.41, 5.74) is 13.6. The molecule has 126 valence electrons. The van der Waals surface area contributed by atoms with Crippen LogP contribution in [0.5, 0.6) is 0 Å². The molecule has 0 bridgehead atoms. The first-order valence-corrected chi connectivity index (χ1v) is 8.17. The minimum absolute atomic E-state index is 0.134. The summed E-state index contributed by atoms with van der Waals surface area (Å²) < 4.78 is 0. The Kier molecular flexibility index (Phi) is 6.25. The Balaban J connectivity index is 2.16. The van der Waals surface area contributed by atoms with Crippen molar-refractivity contribution in [2.45, 2.75) is 13.0 Å². The minimum atomic E-state index is -0.464. The molecule has 2 aromatic heterocycles. The number of aliphatic hydroxyl groups is 1. The maximum Gasteiger partial charge on any atom is 0.131 e. The van der Waals surface area contributed by atoms with E-state index in [1.807, 2.05) is 31.2 Å². The van der Waals surface area contributed by atoms with E-state index in [-0.39, 0.29) is 6.61 Å². The summed E-state index contributed by atoms with van der Waals surface area (Å²) in [6, 6.07) is 5.19. The van der Waals surface area contributed by atoms with Crippen molar-refractivity contribution in [1.29, 1.82) is 0 Å². The van der Waals surface area contributed by atoms with Gasteiger partial charge in [0.25, 0.3) is 0 Å². The van der Waals surface area contributed by atoms with E-state index in [0.717, 1.165) is 16.1 Å². The number of nitrogens with two attached hydrogens (primary N) is 2. The zero-order valence-electron chi connectivity index (χ0n) is 13.4. The smallest absolute Gasteiger partial charge is 0.131 e. The van der Waals surface area contributed by atoms with Gasteiger partial charge in [-0.1, -0.05) is 12.6 Å². The van der Waals surface area contributed by atoms with Gasteiger partial charge in [-0.05, 0) is 43.0 Å². The van der Waals surface area contributed by atoms with Gasteiger partial charge < -0.3 is 21.9 Å². The van der Waals surface area contributed by atoms with Gasteiger partial charge in [-0.3, -0.25) is 0 Å². The number of hydrogen-bond donors (Lipinski definition) is 4. The van der Waals surface area contributed by atoms with Gasteiger partial charge >= 0.3 is 0 Å². The highest BCUT2D eigenvalue weighted by atomic mass is 32.1. The molecule has 24 heavy (non-hydrogen) atoms. The Labute approximate surface area is 145 Å². The van der Waals surface area contributed by atoms with Crippen LogP contribution in [0.1, 0.15) is 18.0 Å². The molecular weight excluding hydrogens is 322 g/mol. The third-order valence-corrected chi connectivity index (χ3v) is 4.24. The molecule has 0 aliphatic rings. The van der Waals surface area contributed by atoms with Crippen LogP contribution in [0.2, 0.25) is 0 Å². The fraction of sp³-hybridized carbons (Fsp3) is 0.176. The second kappa shape index (κ2) is 8.39. The van der Waals surface area contributed by atoms with E-state index in [1.165, 1.54) is 17.5 Å². The fourth-order valence-electron chi connectivity index (χ4n) is 1.97. The first-order valence-electron chi connectivity index (χ1n) is 7.35. The van der Waals surface area contributed by atoms with E-state index in [0.29, 0.717) is 16.5 Å². The lowest BCUT2D eigenvalue weighted by Gasteiger charge is -2.07. The van der Waals surface area contributed by atoms with Crippen molar-refractivity contribution in [3.8, 4) is 10.6 Å². The standard InChI is InChI=1S/C17H21N5OS/c1-11(6-7-18)8-12(2)21-16-5-3-4-14(22-16)15-9-20-17(24-15)13(19)10-23/h3-9,13,23H,2,10,18-19H2,1H3,(H,21,22)/b7-6-,11-8-/t13-/m0/s1. The normalized spacial score (nSPS) is 13.2. The molecule has 2 rings (SSSR count). The van der Waals surface area contributed by atoms with E-state index in [1.54, 1.807) is 12.3 Å². The van der Waals surface area contributed by atoms with Crippen molar-refractivity contribution in [3.05, 3.63) is 65.6 Å². The molecular formula is C17H21N5OS. The first-order chi connectivity index (χ1) is 11.5. The van der Waals surface area contributed by atoms with E-state index >= 15 is 0 Å². The summed E-state index contributed by atoms with van der Waals surface area (Å²) in [5, 5.41) is 12.9. The number of anilines is 1. The quantitative estimate of drug-likeness (QED) is 0.575. The highest BCUT2D eigenvalue weighted by Crippen LogP contribution is 2.28. The van der Waals surface area contributed by atoms with Gasteiger partial charge in [-0.25, -0.2) is 9.97 Å². The van der Waals surface area contributed by atoms with Gasteiger partial charge in [-0.15, -0.1) is 11.3 Å². The average Bonchev–Trinajstić information content (AvgIpc) is 3.04. The van der Waals surface area contributed by atoms with Gasteiger partial charge in [0.1, 0.15) is 10.8 Å². The number of allylic oxidation sites excluding steroid dienone is 3. The molecule has 0 fully saturated rings. The molecule has 0 spiro atoms. The van der Waals surface area contributed by atoms with Crippen LogP contribution in [0, 0.1) is 0 Å². The summed E-state index contributed by atoms with van der Waals surface area (Å²) in [7, 11) is 0. The maximum atomic E-state index is 9.11. The predicted octanol–water partition coefficient (Wildman–Crippen LogP) is 2.54. The number of hydrogen-bond acceptors (Lipinski definition) is 7. The second-order valence-electron chi connectivity index (χ2n) is 5.16. The molecule has 0 aromatic carbocycles. The lowest BCUT2D eigenvalue weighted by Crippen LogP contribution is -2.13. The summed E-state index contributed by atoms with van der Waals surface area (Å²) in [5.74, 6) is 0.680. The van der Waals surface area contributed by atoms with Crippen molar-refractivity contribution in [2.24, 2.45) is 11.5 Å². The Hall–Kier alpha value is -2.48. The van der Waals surface area contributed by atoms with Crippen molar-refractivity contribution in [3.63, 3.8) is 0 Å². The van der Waals surface area contributed by atoms with Crippen LogP contribution < -0.4 is 16.8 Å². The number of thiazole rings is 1. The van der Waals surface area contributed by atoms with Crippen molar-refractivity contribution < 1.29 is 5.11 Å². The third-order valence-electron chi connectivity index (χ3n) is 3.09. The number of pyridine rings is 1. The Morgan fingerprint density at radius 2 is 2.29 bits per heavy atom. The molecule has 0 unspecified atom stereocenters. The summed E-state index contributed by atoms with van der Waals surface area (Å²) >= 11 is 1.42. The molecule has 0 aliphatic heterocycles. The number of aromatic nitrogens is 2. The number of nitrogens with one attached hydrogen (secondary N) is 1. The highest BCUT2D eigenvalue weighted by Gasteiger charge is 2.12. The lowest BCUT2D eigenvalue weighted by molar-refractivity contribution is 0.267. The van der Waals surface area contributed by atoms with Crippen LogP contribution in [0.3, 0.4) is 0 Å². The Bertz CT molecular complexity index is 766. The summed E-state index contributed by atoms with van der Waals surface area (Å²) in [6.45, 7) is 5.76. The average molecular weight is 343 g/mol. The molecule has 2 heterocycles. The zero-order chi connectivity index (χ0) is 17.5. The van der Waals surface area contributed by atoms with Crippen LogP contribution in [0.25, 0.3) is 10.6 Å². The van der Waals surface area contributed by atoms with E-state index in [2.05, 4.69) is 21.9 Å². The molecule has 2 aromatic rings. The van der Waals surface area contributed by atoms with Gasteiger partial charge in [-0.2, -0.15) is 0 Å². The second-order valence-corrected chi connectivity index (χ2v) is 6.22. The highest BCUT2D eigenvalue weighted by molar-refractivity contribution is 7.15. The van der Waals surface area contributed by atoms with E-state index in [9.17, 15) is 0 Å². The number of rotatable bonds is 7. The molecule has 6 nitrogen and oxygen atoms in total. The topological polar surface area (TPSA) is 110 Å². The molecule has 0 aliphatic carbocycles. The zero-order valence-corrected chi connectivity index (χ0v) is 14.3. The van der Waals surface area contributed by atoms with Gasteiger partial charge in [0.2, 0.25) is 0 Å². The molecule has 1 atom stereocenters. The van der Waals surface area contributed by atoms with Crippen LogP contribution in [-0.4, -0.2) is 21.7 Å². The third kappa shape index (κ3) is 4.76. The molecule has 0 saturated carbocycles. The Morgan fingerprint density at radius 3 is 3.00 bits per heavy atom. The van der Waals surface area contributed by atoms with Crippen LogP contribution in [0.15, 0.2) is 60.6 Å². The number of aliphatic hydroxyl groups excluding tert-OH is 1. The van der Waals surface area contributed by atoms with Crippen molar-refractivity contribution >= 4 is 17.2 Å². The van der Waals surface area contributed by atoms with Gasteiger partial charge in [0.05, 0.1) is 23.2 Å².